The fourth-order valence-electron chi connectivity index (χ4n) is 3.52. The summed E-state index contributed by atoms with van der Waals surface area (Å²) in [6.07, 6.45) is 0.385. The van der Waals surface area contributed by atoms with Crippen LogP contribution in [0.4, 0.5) is 0 Å². The van der Waals surface area contributed by atoms with Crippen LogP contribution in [0, 0.1) is 11.3 Å². The fourth-order valence-corrected chi connectivity index (χ4v) is 3.52. The molecule has 0 fully saturated rings. The third-order valence-electron chi connectivity index (χ3n) is 5.11. The second-order valence-corrected chi connectivity index (χ2v) is 7.99. The van der Waals surface area contributed by atoms with E-state index in [1.54, 1.807) is 28.4 Å². The number of hydrogen-bond donors (Lipinski definition) is 2. The molecule has 4 rings (SSSR count). The van der Waals surface area contributed by atoms with E-state index in [0.717, 1.165) is 16.6 Å². The number of fused-ring (bicyclic) bond motifs is 1. The highest BCUT2D eigenvalue weighted by Crippen LogP contribution is 2.22. The Morgan fingerprint density at radius 2 is 1.88 bits per heavy atom. The Labute approximate surface area is 191 Å². The maximum atomic E-state index is 12.9. The lowest BCUT2D eigenvalue weighted by Gasteiger charge is -2.11. The number of tetrazole rings is 1. The summed E-state index contributed by atoms with van der Waals surface area (Å²) in [5, 5.41) is 19.6. The van der Waals surface area contributed by atoms with Crippen LogP contribution < -0.4 is 11.3 Å². The smallest absolute Gasteiger partial charge is 0.272 e. The van der Waals surface area contributed by atoms with Crippen molar-refractivity contribution >= 4 is 29.3 Å². The van der Waals surface area contributed by atoms with E-state index in [4.69, 9.17) is 11.1 Å². The number of hydrogen-bond acceptors (Lipinski definition) is 6. The minimum atomic E-state index is -0.138. The highest BCUT2D eigenvalue weighted by atomic mass is 35.5. The van der Waals surface area contributed by atoms with Gasteiger partial charge in [-0.1, -0.05) is 38.1 Å². The fraction of sp³-hybridized carbons (Fsp3) is 0.273. The van der Waals surface area contributed by atoms with Gasteiger partial charge in [-0.15, -0.1) is 17.5 Å². The van der Waals surface area contributed by atoms with Gasteiger partial charge < -0.3 is 10.3 Å². The Morgan fingerprint density at radius 3 is 2.53 bits per heavy atom. The molecule has 4 aromatic rings. The normalized spacial score (nSPS) is 11.0. The van der Waals surface area contributed by atoms with Crippen LogP contribution >= 0.6 is 12.4 Å². The van der Waals surface area contributed by atoms with Crippen molar-refractivity contribution in [2.24, 2.45) is 18.7 Å². The lowest BCUT2D eigenvalue weighted by molar-refractivity contribution is 0.475. The first kappa shape index (κ1) is 23.1. The lowest BCUT2D eigenvalue weighted by Crippen LogP contribution is -2.23. The number of benzene rings is 2. The molecule has 0 unspecified atom stereocenters. The molecule has 0 spiro atoms. The van der Waals surface area contributed by atoms with Gasteiger partial charge in [-0.3, -0.25) is 10.2 Å². The van der Waals surface area contributed by atoms with Crippen LogP contribution in [0.15, 0.2) is 47.3 Å². The van der Waals surface area contributed by atoms with Gasteiger partial charge >= 0.3 is 0 Å². The lowest BCUT2D eigenvalue weighted by atomic mass is 10.1. The molecule has 2 aromatic heterocycles. The van der Waals surface area contributed by atoms with E-state index in [0.29, 0.717) is 41.5 Å². The van der Waals surface area contributed by atoms with E-state index in [2.05, 4.69) is 34.4 Å². The summed E-state index contributed by atoms with van der Waals surface area (Å²) in [6, 6.07) is 13.0. The quantitative estimate of drug-likeness (QED) is 0.341. The molecular formula is C22H25ClN8O. The maximum absolute atomic E-state index is 12.9. The van der Waals surface area contributed by atoms with Crippen molar-refractivity contribution < 1.29 is 0 Å². The first-order chi connectivity index (χ1) is 14.8. The Kier molecular flexibility index (Phi) is 6.69. The molecule has 2 heterocycles. The molecular weight excluding hydrogens is 428 g/mol. The number of nitrogen functional groups attached to an aromatic ring is 1. The van der Waals surface area contributed by atoms with Gasteiger partial charge in [0.05, 0.1) is 11.0 Å². The van der Waals surface area contributed by atoms with Crippen LogP contribution in [0.25, 0.3) is 22.4 Å². The van der Waals surface area contributed by atoms with Crippen molar-refractivity contribution in [1.82, 2.24) is 29.8 Å². The third kappa shape index (κ3) is 4.52. The summed E-state index contributed by atoms with van der Waals surface area (Å²) in [5.74, 6) is 1.09. The molecule has 0 atom stereocenters. The number of halogens is 1. The Balaban J connectivity index is 0.00000289. The summed E-state index contributed by atoms with van der Waals surface area (Å²) in [6.45, 7) is 4.93. The molecule has 0 saturated carbocycles. The molecule has 0 aliphatic rings. The van der Waals surface area contributed by atoms with Crippen LogP contribution in [-0.2, 0) is 20.0 Å². The highest BCUT2D eigenvalue weighted by Gasteiger charge is 2.14. The minimum Gasteiger partial charge on any atom is -0.384 e. The number of aryl methyl sites for hydroxylation is 1. The number of amidine groups is 1. The maximum Gasteiger partial charge on any atom is 0.272 e. The zero-order valence-electron chi connectivity index (χ0n) is 18.1. The van der Waals surface area contributed by atoms with E-state index < -0.39 is 0 Å². The second-order valence-electron chi connectivity index (χ2n) is 7.99. The summed E-state index contributed by atoms with van der Waals surface area (Å²) < 4.78 is 3.40. The average Bonchev–Trinajstić information content (AvgIpc) is 3.19. The Morgan fingerprint density at radius 1 is 1.16 bits per heavy atom. The minimum absolute atomic E-state index is 0. The van der Waals surface area contributed by atoms with Crippen LogP contribution in [0.3, 0.4) is 0 Å². The first-order valence-electron chi connectivity index (χ1n) is 10.0. The van der Waals surface area contributed by atoms with Gasteiger partial charge in [0.25, 0.3) is 5.56 Å². The Hall–Kier alpha value is -3.59. The molecule has 9 nitrogen and oxygen atoms in total. The van der Waals surface area contributed by atoms with Crippen molar-refractivity contribution in [2.75, 3.05) is 0 Å². The van der Waals surface area contributed by atoms with E-state index >= 15 is 0 Å². The molecule has 10 heteroatoms. The molecule has 2 aromatic carbocycles. The highest BCUT2D eigenvalue weighted by molar-refractivity contribution is 5.94. The molecule has 166 valence electrons. The summed E-state index contributed by atoms with van der Waals surface area (Å²) in [7, 11) is 1.75. The van der Waals surface area contributed by atoms with Crippen LogP contribution in [0.2, 0.25) is 0 Å². The van der Waals surface area contributed by atoms with Gasteiger partial charge in [0.1, 0.15) is 11.5 Å². The molecule has 32 heavy (non-hydrogen) atoms. The van der Waals surface area contributed by atoms with Gasteiger partial charge in [0, 0.05) is 31.1 Å². The van der Waals surface area contributed by atoms with E-state index in [9.17, 15) is 4.79 Å². The first-order valence-corrected chi connectivity index (χ1v) is 10.0. The molecule has 0 amide bonds. The van der Waals surface area contributed by atoms with Gasteiger partial charge in [0.15, 0.2) is 5.82 Å². The number of aromatic nitrogens is 6. The van der Waals surface area contributed by atoms with Crippen molar-refractivity contribution in [1.29, 1.82) is 5.41 Å². The summed E-state index contributed by atoms with van der Waals surface area (Å²) in [5.41, 5.74) is 9.69. The topological polar surface area (TPSA) is 128 Å². The van der Waals surface area contributed by atoms with Crippen molar-refractivity contribution in [3.8, 4) is 11.4 Å². The summed E-state index contributed by atoms with van der Waals surface area (Å²) >= 11 is 0. The van der Waals surface area contributed by atoms with Gasteiger partial charge in [-0.2, -0.15) is 0 Å². The van der Waals surface area contributed by atoms with Crippen molar-refractivity contribution in [3.63, 3.8) is 0 Å². The van der Waals surface area contributed by atoms with Crippen molar-refractivity contribution in [2.45, 2.75) is 26.8 Å². The van der Waals surface area contributed by atoms with Gasteiger partial charge in [-0.05, 0) is 40.1 Å². The van der Waals surface area contributed by atoms with Crippen LogP contribution in [-0.4, -0.2) is 35.6 Å². The molecule has 0 radical (unpaired) electrons. The predicted molar refractivity (Wildman–Crippen MR) is 126 cm³/mol. The molecule has 0 saturated heterocycles. The zero-order chi connectivity index (χ0) is 22.1. The third-order valence-corrected chi connectivity index (χ3v) is 5.11. The van der Waals surface area contributed by atoms with Crippen molar-refractivity contribution in [3.05, 3.63) is 69.6 Å². The van der Waals surface area contributed by atoms with Crippen LogP contribution in [0.5, 0.6) is 0 Å². The number of rotatable bonds is 6. The molecule has 0 aliphatic heterocycles. The number of nitrogens with zero attached hydrogens (tertiary/aromatic N) is 6. The number of nitrogens with one attached hydrogen (secondary N) is 1. The standard InChI is InChI=1S/C22H24N8O.ClH/c1-13(2)12-30-21(26-27-28-30)16-8-9-19-17(11-16)25-18(22(31)29(19)3)10-14-4-6-15(7-5-14)20(23)24;/h4-9,11,13H,10,12H2,1-3H3,(H3,23,24);1H. The Bertz CT molecular complexity index is 1320. The zero-order valence-corrected chi connectivity index (χ0v) is 18.9. The second kappa shape index (κ2) is 9.27. The molecule has 0 aliphatic carbocycles. The van der Waals surface area contributed by atoms with E-state index in [1.807, 2.05) is 30.3 Å². The molecule has 0 bridgehead atoms. The number of nitrogens with two attached hydrogens (primary N) is 1. The van der Waals surface area contributed by atoms with E-state index in [1.165, 1.54) is 0 Å². The SMILES string of the molecule is CC(C)Cn1nnnc1-c1ccc2c(c1)nc(Cc1ccc(C(=N)N)cc1)c(=O)n2C.Cl. The summed E-state index contributed by atoms with van der Waals surface area (Å²) in [4.78, 5) is 17.5. The van der Waals surface area contributed by atoms with E-state index in [-0.39, 0.29) is 23.8 Å². The monoisotopic (exact) mass is 452 g/mol. The average molecular weight is 453 g/mol. The largest absolute Gasteiger partial charge is 0.384 e. The predicted octanol–water partition coefficient (Wildman–Crippen LogP) is 2.54. The molecule has 3 N–H and O–H groups in total. The van der Waals surface area contributed by atoms with Gasteiger partial charge in [0.2, 0.25) is 0 Å². The van der Waals surface area contributed by atoms with Crippen LogP contribution in [0.1, 0.15) is 30.7 Å². The van der Waals surface area contributed by atoms with Gasteiger partial charge in [-0.25, -0.2) is 9.67 Å².